The first-order chi connectivity index (χ1) is 10.3. The van der Waals surface area contributed by atoms with Crippen LogP contribution in [0.4, 0.5) is 0 Å². The van der Waals surface area contributed by atoms with Gasteiger partial charge < -0.3 is 15.3 Å². The number of rotatable bonds is 4. The van der Waals surface area contributed by atoms with Crippen molar-refractivity contribution in [2.75, 3.05) is 13.2 Å². The van der Waals surface area contributed by atoms with Crippen LogP contribution in [0.2, 0.25) is 0 Å². The predicted octanol–water partition coefficient (Wildman–Crippen LogP) is 3.22. The molecule has 0 spiro atoms. The van der Waals surface area contributed by atoms with Crippen molar-refractivity contribution >= 4 is 0 Å². The van der Waals surface area contributed by atoms with E-state index in [1.54, 1.807) is 62.3 Å². The first-order valence-corrected chi connectivity index (χ1v) is 9.59. The van der Waals surface area contributed by atoms with Gasteiger partial charge >= 0.3 is 66.2 Å². The van der Waals surface area contributed by atoms with E-state index in [1.807, 2.05) is 13.8 Å². The van der Waals surface area contributed by atoms with E-state index in [0.29, 0.717) is 13.2 Å². The second kappa shape index (κ2) is 16.7. The summed E-state index contributed by atoms with van der Waals surface area (Å²) in [4.78, 5) is 0. The van der Waals surface area contributed by atoms with E-state index in [9.17, 15) is 0 Å². The first-order valence-electron chi connectivity index (χ1n) is 8.13. The van der Waals surface area contributed by atoms with Gasteiger partial charge in [-0.1, -0.05) is 0 Å². The molecule has 24 heavy (non-hydrogen) atoms. The second-order valence-corrected chi connectivity index (χ2v) is 8.72. The normalized spacial score (nSPS) is 11.1. The number of aliphatic hydroxyl groups is 3. The zero-order valence-corrected chi connectivity index (χ0v) is 20.5. The molecule has 5 nitrogen and oxygen atoms in total. The SMILES string of the molecule is CC(C)(C)O.CC(C)(C)O.CC(C)(C)O.CCOC([C]#[W])OCC. The number of hydrogen-bond donors (Lipinski definition) is 3. The third kappa shape index (κ3) is 147. The molecular formula is C18H41O5W. The Morgan fingerprint density at radius 1 is 0.708 bits per heavy atom. The molecule has 0 rings (SSSR count). The van der Waals surface area contributed by atoms with Gasteiger partial charge in [-0.2, -0.15) is 0 Å². The van der Waals surface area contributed by atoms with Crippen LogP contribution in [0.15, 0.2) is 0 Å². The zero-order valence-electron chi connectivity index (χ0n) is 17.6. The van der Waals surface area contributed by atoms with Gasteiger partial charge in [-0.25, -0.2) is 0 Å². The Morgan fingerprint density at radius 3 is 0.958 bits per heavy atom. The summed E-state index contributed by atoms with van der Waals surface area (Å²) in [7, 11) is 0. The van der Waals surface area contributed by atoms with E-state index in [4.69, 9.17) is 24.8 Å². The maximum atomic E-state index is 8.52. The van der Waals surface area contributed by atoms with Gasteiger partial charge in [0.25, 0.3) is 0 Å². The van der Waals surface area contributed by atoms with Crippen LogP contribution in [0.1, 0.15) is 76.2 Å². The zero-order chi connectivity index (χ0) is 20.6. The summed E-state index contributed by atoms with van der Waals surface area (Å²) < 4.78 is 13.2. The van der Waals surface area contributed by atoms with Crippen molar-refractivity contribution in [3.8, 4) is 4.20 Å². The van der Waals surface area contributed by atoms with Crippen molar-refractivity contribution < 1.29 is 43.9 Å². The summed E-state index contributed by atoms with van der Waals surface area (Å²) >= 11 is 1.26. The van der Waals surface area contributed by atoms with Crippen LogP contribution in [-0.4, -0.2) is 51.6 Å². The van der Waals surface area contributed by atoms with Crippen molar-refractivity contribution in [3.63, 3.8) is 0 Å². The molecule has 0 atom stereocenters. The summed E-state index contributed by atoms with van der Waals surface area (Å²) in [5.74, 6) is 0. The third-order valence-corrected chi connectivity index (χ3v) is 1.42. The molecular weight excluding hydrogens is 480 g/mol. The van der Waals surface area contributed by atoms with Gasteiger partial charge in [-0.05, 0) is 62.3 Å². The van der Waals surface area contributed by atoms with Crippen LogP contribution in [0.5, 0.6) is 0 Å². The summed E-state index contributed by atoms with van der Waals surface area (Å²) in [6.07, 6.45) is -0.199. The van der Waals surface area contributed by atoms with Gasteiger partial charge in [0, 0.05) is 0 Å². The quantitative estimate of drug-likeness (QED) is 0.496. The molecule has 0 fully saturated rings. The van der Waals surface area contributed by atoms with Crippen LogP contribution in [0.25, 0.3) is 0 Å². The Bertz CT molecular complexity index is 240. The van der Waals surface area contributed by atoms with E-state index >= 15 is 0 Å². The fourth-order valence-corrected chi connectivity index (χ4v) is 0.908. The van der Waals surface area contributed by atoms with E-state index < -0.39 is 16.8 Å². The van der Waals surface area contributed by atoms with Crippen molar-refractivity contribution in [1.29, 1.82) is 0 Å². The van der Waals surface area contributed by atoms with Crippen LogP contribution in [0.3, 0.4) is 0 Å². The van der Waals surface area contributed by atoms with Crippen molar-refractivity contribution in [2.24, 2.45) is 0 Å². The van der Waals surface area contributed by atoms with Crippen molar-refractivity contribution in [3.05, 3.63) is 0 Å². The predicted molar refractivity (Wildman–Crippen MR) is 96.8 cm³/mol. The first kappa shape index (κ1) is 32.0. The topological polar surface area (TPSA) is 79.2 Å². The monoisotopic (exact) mass is 521 g/mol. The van der Waals surface area contributed by atoms with Crippen LogP contribution >= 0.6 is 0 Å². The standard InChI is InChI=1S/C6H11O2.3C4H10O.W/c1-4-7-6(3)8-5-2;3*1-4(2,3)5;/h6H,4-5H2,1-2H3;3*5H,1-3H3;. The molecule has 149 valence electrons. The van der Waals surface area contributed by atoms with E-state index in [0.717, 1.165) is 0 Å². The third-order valence-electron chi connectivity index (χ3n) is 0.732. The minimum absolute atomic E-state index is 0.199. The Morgan fingerprint density at radius 2 is 0.875 bits per heavy atom. The van der Waals surface area contributed by atoms with Crippen LogP contribution in [-0.2, 0) is 28.6 Å². The maximum absolute atomic E-state index is 8.52. The Labute approximate surface area is 160 Å². The average molecular weight is 521 g/mol. The summed E-state index contributed by atoms with van der Waals surface area (Å²) in [5.41, 5.74) is -1.50. The summed E-state index contributed by atoms with van der Waals surface area (Å²) in [5, 5.41) is 25.6. The molecule has 0 saturated carbocycles. The van der Waals surface area contributed by atoms with E-state index in [2.05, 4.69) is 4.20 Å². The van der Waals surface area contributed by atoms with E-state index in [-0.39, 0.29) is 6.29 Å². The van der Waals surface area contributed by atoms with Gasteiger partial charge in [0.2, 0.25) is 0 Å². The number of ether oxygens (including phenoxy) is 2. The molecule has 0 aliphatic carbocycles. The molecule has 0 aromatic carbocycles. The molecule has 0 aromatic rings. The van der Waals surface area contributed by atoms with Gasteiger partial charge in [0.05, 0.1) is 16.8 Å². The molecule has 0 heterocycles. The molecule has 6 heteroatoms. The Hall–Kier alpha value is 0.268. The second-order valence-electron chi connectivity index (χ2n) is 7.87. The number of hydrogen-bond acceptors (Lipinski definition) is 5. The van der Waals surface area contributed by atoms with Crippen molar-refractivity contribution in [2.45, 2.75) is 99.3 Å². The molecule has 0 radical (unpaired) electrons. The molecule has 0 amide bonds. The fourth-order valence-electron chi connectivity index (χ4n) is 0.419. The molecule has 3 N–H and O–H groups in total. The minimum atomic E-state index is -0.500. The van der Waals surface area contributed by atoms with Gasteiger partial charge in [0.15, 0.2) is 0 Å². The average Bonchev–Trinajstić information content (AvgIpc) is 2.21. The van der Waals surface area contributed by atoms with Crippen molar-refractivity contribution in [1.82, 2.24) is 0 Å². The molecule has 0 bridgehead atoms. The summed E-state index contributed by atoms with van der Waals surface area (Å²) in [6.45, 7) is 20.9. The Balaban J connectivity index is -0.000000116. The van der Waals surface area contributed by atoms with Gasteiger partial charge in [-0.15, -0.1) is 0 Å². The Kier molecular flexibility index (Phi) is 22.3. The molecule has 0 aliphatic heterocycles. The van der Waals surface area contributed by atoms with Crippen LogP contribution in [0, 0.1) is 4.20 Å². The molecule has 0 aromatic heterocycles. The molecule has 0 saturated heterocycles. The van der Waals surface area contributed by atoms with E-state index in [1.165, 1.54) is 19.2 Å². The molecule has 0 aliphatic rings. The van der Waals surface area contributed by atoms with Gasteiger partial charge in [-0.3, -0.25) is 0 Å². The summed E-state index contributed by atoms with van der Waals surface area (Å²) in [6, 6.07) is 0. The fraction of sp³-hybridized carbons (Fsp3) is 0.944. The van der Waals surface area contributed by atoms with Gasteiger partial charge in [0.1, 0.15) is 0 Å². The molecule has 0 unspecified atom stereocenters. The van der Waals surface area contributed by atoms with Crippen LogP contribution < -0.4 is 0 Å².